The van der Waals surface area contributed by atoms with Crippen molar-refractivity contribution in [1.29, 1.82) is 0 Å². The van der Waals surface area contributed by atoms with E-state index in [0.717, 1.165) is 12.8 Å². The second kappa shape index (κ2) is 5.05. The van der Waals surface area contributed by atoms with Gasteiger partial charge in [-0.3, -0.25) is 4.79 Å². The highest BCUT2D eigenvalue weighted by Crippen LogP contribution is 2.24. The quantitative estimate of drug-likeness (QED) is 0.664. The van der Waals surface area contributed by atoms with Crippen molar-refractivity contribution < 1.29 is 9.90 Å². The first-order valence-corrected chi connectivity index (χ1v) is 5.17. The Bertz CT molecular complexity index is 206. The van der Waals surface area contributed by atoms with E-state index in [1.807, 2.05) is 0 Å². The standard InChI is InChI=1S/C11H18O2/c1-2-3-4-5-6-9-7-10(12)8-11(9)13/h8-9,12H,2-7H2,1H3. The molecule has 1 aliphatic rings. The highest BCUT2D eigenvalue weighted by molar-refractivity contribution is 5.94. The van der Waals surface area contributed by atoms with Crippen molar-refractivity contribution >= 4 is 5.78 Å². The first-order chi connectivity index (χ1) is 6.24. The van der Waals surface area contributed by atoms with E-state index in [-0.39, 0.29) is 17.5 Å². The van der Waals surface area contributed by atoms with Crippen LogP contribution < -0.4 is 0 Å². The largest absolute Gasteiger partial charge is 0.512 e. The summed E-state index contributed by atoms with van der Waals surface area (Å²) in [7, 11) is 0. The summed E-state index contributed by atoms with van der Waals surface area (Å²) in [6, 6.07) is 0. The topological polar surface area (TPSA) is 37.3 Å². The first kappa shape index (κ1) is 10.3. The lowest BCUT2D eigenvalue weighted by atomic mass is 9.98. The lowest BCUT2D eigenvalue weighted by Crippen LogP contribution is -2.06. The summed E-state index contributed by atoms with van der Waals surface area (Å²) in [6.45, 7) is 2.17. The first-order valence-electron chi connectivity index (χ1n) is 5.17. The SMILES string of the molecule is CCCCCCC1CC(O)=CC1=O. The van der Waals surface area contributed by atoms with Crippen LogP contribution in [0, 0.1) is 5.92 Å². The molecule has 0 radical (unpaired) electrons. The smallest absolute Gasteiger partial charge is 0.162 e. The lowest BCUT2D eigenvalue weighted by Gasteiger charge is -2.06. The number of unbranched alkanes of at least 4 members (excludes halogenated alkanes) is 3. The zero-order valence-electron chi connectivity index (χ0n) is 8.25. The number of ketones is 1. The lowest BCUT2D eigenvalue weighted by molar-refractivity contribution is -0.117. The molecule has 0 fully saturated rings. The molecule has 0 aromatic rings. The summed E-state index contributed by atoms with van der Waals surface area (Å²) >= 11 is 0. The Morgan fingerprint density at radius 1 is 1.46 bits per heavy atom. The number of carbonyl (C=O) groups is 1. The molecule has 0 aromatic heterocycles. The zero-order chi connectivity index (χ0) is 9.68. The van der Waals surface area contributed by atoms with Gasteiger partial charge in [0.15, 0.2) is 5.78 Å². The molecule has 0 saturated heterocycles. The second-order valence-corrected chi connectivity index (χ2v) is 3.79. The van der Waals surface area contributed by atoms with Gasteiger partial charge in [0.2, 0.25) is 0 Å². The number of rotatable bonds is 5. The van der Waals surface area contributed by atoms with Crippen molar-refractivity contribution in [2.45, 2.75) is 45.4 Å². The Morgan fingerprint density at radius 2 is 2.23 bits per heavy atom. The zero-order valence-corrected chi connectivity index (χ0v) is 8.25. The molecule has 0 spiro atoms. The average molecular weight is 182 g/mol. The molecule has 1 rings (SSSR count). The Kier molecular flexibility index (Phi) is 4.00. The van der Waals surface area contributed by atoms with Gasteiger partial charge in [0, 0.05) is 18.4 Å². The van der Waals surface area contributed by atoms with Gasteiger partial charge in [-0.1, -0.05) is 32.6 Å². The third-order valence-electron chi connectivity index (χ3n) is 2.57. The van der Waals surface area contributed by atoms with Crippen LogP contribution in [0.3, 0.4) is 0 Å². The van der Waals surface area contributed by atoms with E-state index >= 15 is 0 Å². The maximum absolute atomic E-state index is 11.2. The van der Waals surface area contributed by atoms with E-state index in [2.05, 4.69) is 6.92 Å². The molecule has 1 atom stereocenters. The number of aliphatic hydroxyl groups is 1. The van der Waals surface area contributed by atoms with Crippen molar-refractivity contribution in [3.05, 3.63) is 11.8 Å². The van der Waals surface area contributed by atoms with Gasteiger partial charge in [0.25, 0.3) is 0 Å². The molecule has 0 heterocycles. The summed E-state index contributed by atoms with van der Waals surface area (Å²) in [5.74, 6) is 0.469. The Labute approximate surface area is 79.6 Å². The molecule has 1 aliphatic carbocycles. The molecule has 1 unspecified atom stereocenters. The molecule has 0 aromatic carbocycles. The van der Waals surface area contributed by atoms with Crippen LogP contribution in [0.15, 0.2) is 11.8 Å². The third-order valence-corrected chi connectivity index (χ3v) is 2.57. The number of hydrogen-bond donors (Lipinski definition) is 1. The fourth-order valence-electron chi connectivity index (χ4n) is 1.76. The van der Waals surface area contributed by atoms with Gasteiger partial charge in [-0.15, -0.1) is 0 Å². The van der Waals surface area contributed by atoms with E-state index in [1.54, 1.807) is 0 Å². The fraction of sp³-hybridized carbons (Fsp3) is 0.727. The summed E-state index contributed by atoms with van der Waals surface area (Å²) < 4.78 is 0. The molecular formula is C11H18O2. The molecule has 74 valence electrons. The van der Waals surface area contributed by atoms with Gasteiger partial charge >= 0.3 is 0 Å². The second-order valence-electron chi connectivity index (χ2n) is 3.79. The minimum Gasteiger partial charge on any atom is -0.512 e. The predicted octanol–water partition coefficient (Wildman–Crippen LogP) is 2.99. The van der Waals surface area contributed by atoms with E-state index < -0.39 is 0 Å². The number of aliphatic hydroxyl groups excluding tert-OH is 1. The van der Waals surface area contributed by atoms with Gasteiger partial charge in [0.05, 0.1) is 5.76 Å². The third kappa shape index (κ3) is 3.21. The van der Waals surface area contributed by atoms with Crippen LogP contribution in [-0.2, 0) is 4.79 Å². The minimum atomic E-state index is 0.0804. The van der Waals surface area contributed by atoms with Gasteiger partial charge < -0.3 is 5.11 Å². The van der Waals surface area contributed by atoms with Crippen molar-refractivity contribution in [3.63, 3.8) is 0 Å². The Hall–Kier alpha value is -0.790. The maximum atomic E-state index is 11.2. The van der Waals surface area contributed by atoms with Crippen LogP contribution in [0.2, 0.25) is 0 Å². The van der Waals surface area contributed by atoms with Crippen molar-refractivity contribution in [3.8, 4) is 0 Å². The summed E-state index contributed by atoms with van der Waals surface area (Å²) in [5, 5.41) is 9.11. The van der Waals surface area contributed by atoms with Crippen LogP contribution in [0.4, 0.5) is 0 Å². The molecule has 13 heavy (non-hydrogen) atoms. The van der Waals surface area contributed by atoms with Crippen LogP contribution >= 0.6 is 0 Å². The maximum Gasteiger partial charge on any atom is 0.162 e. The molecule has 0 aliphatic heterocycles. The molecule has 0 bridgehead atoms. The summed E-state index contributed by atoms with van der Waals surface area (Å²) in [5.41, 5.74) is 0. The summed E-state index contributed by atoms with van der Waals surface area (Å²) in [6.07, 6.45) is 7.70. The van der Waals surface area contributed by atoms with E-state index in [4.69, 9.17) is 5.11 Å². The van der Waals surface area contributed by atoms with Gasteiger partial charge in [0.1, 0.15) is 0 Å². The number of allylic oxidation sites excluding steroid dienone is 2. The Morgan fingerprint density at radius 3 is 2.77 bits per heavy atom. The van der Waals surface area contributed by atoms with Crippen molar-refractivity contribution in [1.82, 2.24) is 0 Å². The van der Waals surface area contributed by atoms with Crippen molar-refractivity contribution in [2.24, 2.45) is 5.92 Å². The molecule has 0 saturated carbocycles. The van der Waals surface area contributed by atoms with Gasteiger partial charge in [-0.25, -0.2) is 0 Å². The highest BCUT2D eigenvalue weighted by atomic mass is 16.3. The predicted molar refractivity (Wildman–Crippen MR) is 52.6 cm³/mol. The Balaban J connectivity index is 2.14. The van der Waals surface area contributed by atoms with E-state index in [9.17, 15) is 4.79 Å². The monoisotopic (exact) mass is 182 g/mol. The molecular weight excluding hydrogens is 164 g/mol. The summed E-state index contributed by atoms with van der Waals surface area (Å²) in [4.78, 5) is 11.2. The normalized spacial score (nSPS) is 22.1. The highest BCUT2D eigenvalue weighted by Gasteiger charge is 2.24. The van der Waals surface area contributed by atoms with Crippen LogP contribution in [0.25, 0.3) is 0 Å². The van der Waals surface area contributed by atoms with Crippen LogP contribution in [0.5, 0.6) is 0 Å². The molecule has 1 N–H and O–H groups in total. The van der Waals surface area contributed by atoms with Crippen LogP contribution in [-0.4, -0.2) is 10.9 Å². The molecule has 2 heteroatoms. The van der Waals surface area contributed by atoms with E-state index in [0.29, 0.717) is 6.42 Å². The average Bonchev–Trinajstić information content (AvgIpc) is 2.39. The van der Waals surface area contributed by atoms with Gasteiger partial charge in [-0.2, -0.15) is 0 Å². The van der Waals surface area contributed by atoms with E-state index in [1.165, 1.54) is 25.3 Å². The fourth-order valence-corrected chi connectivity index (χ4v) is 1.76. The molecule has 0 amide bonds. The number of hydrogen-bond acceptors (Lipinski definition) is 2. The van der Waals surface area contributed by atoms with Gasteiger partial charge in [-0.05, 0) is 6.42 Å². The van der Waals surface area contributed by atoms with Crippen LogP contribution in [0.1, 0.15) is 45.4 Å². The van der Waals surface area contributed by atoms with Crippen molar-refractivity contribution in [2.75, 3.05) is 0 Å². The number of carbonyl (C=O) groups excluding carboxylic acids is 1. The minimum absolute atomic E-state index is 0.0804. The molecule has 2 nitrogen and oxygen atoms in total.